The van der Waals surface area contributed by atoms with Crippen molar-refractivity contribution in [3.05, 3.63) is 12.4 Å². The zero-order chi connectivity index (χ0) is 14.1. The quantitative estimate of drug-likeness (QED) is 0.815. The Bertz CT molecular complexity index is 542. The number of sulfonamides is 1. The summed E-state index contributed by atoms with van der Waals surface area (Å²) < 4.78 is 26.1. The van der Waals surface area contributed by atoms with E-state index < -0.39 is 15.6 Å². The third-order valence-corrected chi connectivity index (χ3v) is 4.93. The maximum absolute atomic E-state index is 12.4. The van der Waals surface area contributed by atoms with E-state index in [1.807, 2.05) is 0 Å². The molecule has 106 valence electrons. The van der Waals surface area contributed by atoms with Gasteiger partial charge in [-0.15, -0.1) is 0 Å². The molecule has 1 aliphatic rings. The molecule has 1 aromatic rings. The standard InChI is InChI=1S/C11H18N4O3S/c1-11(16)4-3-5-15(8-11)19(17,18)9-6-13-10(12-2)14-7-9/h6-7,16H,3-5,8H2,1-2H3,(H,12,13,14). The van der Waals surface area contributed by atoms with Crippen LogP contribution in [0.2, 0.25) is 0 Å². The van der Waals surface area contributed by atoms with Crippen LogP contribution in [0.15, 0.2) is 17.3 Å². The van der Waals surface area contributed by atoms with Crippen molar-refractivity contribution < 1.29 is 13.5 Å². The van der Waals surface area contributed by atoms with Crippen molar-refractivity contribution in [2.45, 2.75) is 30.3 Å². The first kappa shape index (κ1) is 14.2. The van der Waals surface area contributed by atoms with Crippen LogP contribution in [0.25, 0.3) is 0 Å². The third-order valence-electron chi connectivity index (χ3n) is 3.13. The van der Waals surface area contributed by atoms with E-state index in [4.69, 9.17) is 0 Å². The second-order valence-corrected chi connectivity index (χ2v) is 6.87. The number of nitrogens with zero attached hydrogens (tertiary/aromatic N) is 3. The Balaban J connectivity index is 2.26. The Morgan fingerprint density at radius 2 is 2.05 bits per heavy atom. The van der Waals surface area contributed by atoms with Crippen molar-refractivity contribution in [2.75, 3.05) is 25.5 Å². The van der Waals surface area contributed by atoms with E-state index in [0.29, 0.717) is 25.3 Å². The maximum Gasteiger partial charge on any atom is 0.246 e. The van der Waals surface area contributed by atoms with Gasteiger partial charge >= 0.3 is 0 Å². The molecule has 8 heteroatoms. The van der Waals surface area contributed by atoms with E-state index >= 15 is 0 Å². The molecular weight excluding hydrogens is 268 g/mol. The maximum atomic E-state index is 12.4. The third kappa shape index (κ3) is 3.02. The molecule has 0 aliphatic carbocycles. The minimum Gasteiger partial charge on any atom is -0.389 e. The molecule has 1 fully saturated rings. The van der Waals surface area contributed by atoms with Crippen LogP contribution >= 0.6 is 0 Å². The molecule has 1 aliphatic heterocycles. The molecule has 0 aromatic carbocycles. The smallest absolute Gasteiger partial charge is 0.246 e. The molecular formula is C11H18N4O3S. The van der Waals surface area contributed by atoms with E-state index in [9.17, 15) is 13.5 Å². The zero-order valence-electron chi connectivity index (χ0n) is 11.0. The molecule has 1 unspecified atom stereocenters. The summed E-state index contributed by atoms with van der Waals surface area (Å²) in [6, 6.07) is 0. The molecule has 7 nitrogen and oxygen atoms in total. The largest absolute Gasteiger partial charge is 0.389 e. The van der Waals surface area contributed by atoms with Crippen molar-refractivity contribution in [1.29, 1.82) is 0 Å². The minimum atomic E-state index is -3.64. The van der Waals surface area contributed by atoms with Crippen LogP contribution in [0.5, 0.6) is 0 Å². The van der Waals surface area contributed by atoms with Gasteiger partial charge in [0.15, 0.2) is 0 Å². The first-order chi connectivity index (χ1) is 8.85. The highest BCUT2D eigenvalue weighted by Crippen LogP contribution is 2.25. The van der Waals surface area contributed by atoms with Gasteiger partial charge in [0, 0.05) is 20.1 Å². The lowest BCUT2D eigenvalue weighted by atomic mass is 9.97. The van der Waals surface area contributed by atoms with Gasteiger partial charge in [-0.3, -0.25) is 0 Å². The first-order valence-corrected chi connectivity index (χ1v) is 7.51. The second kappa shape index (κ2) is 5.03. The average Bonchev–Trinajstić information content (AvgIpc) is 2.37. The van der Waals surface area contributed by atoms with Crippen molar-refractivity contribution >= 4 is 16.0 Å². The summed E-state index contributed by atoms with van der Waals surface area (Å²) in [7, 11) is -1.98. The molecule has 0 radical (unpaired) electrons. The predicted octanol–water partition coefficient (Wildman–Crippen LogP) is 0.0538. The average molecular weight is 286 g/mol. The summed E-state index contributed by atoms with van der Waals surface area (Å²) in [5, 5.41) is 12.7. The lowest BCUT2D eigenvalue weighted by molar-refractivity contribution is 0.00939. The molecule has 0 saturated carbocycles. The van der Waals surface area contributed by atoms with Crippen LogP contribution in [0.3, 0.4) is 0 Å². The topological polar surface area (TPSA) is 95.4 Å². The Hall–Kier alpha value is -1.25. The highest BCUT2D eigenvalue weighted by Gasteiger charge is 2.35. The number of nitrogens with one attached hydrogen (secondary N) is 1. The van der Waals surface area contributed by atoms with E-state index in [2.05, 4.69) is 15.3 Å². The summed E-state index contributed by atoms with van der Waals surface area (Å²) in [6.07, 6.45) is 3.80. The first-order valence-electron chi connectivity index (χ1n) is 6.07. The van der Waals surface area contributed by atoms with Crippen LogP contribution in [0, 0.1) is 0 Å². The van der Waals surface area contributed by atoms with Gasteiger partial charge in [-0.1, -0.05) is 0 Å². The van der Waals surface area contributed by atoms with E-state index in [0.717, 1.165) is 0 Å². The fourth-order valence-electron chi connectivity index (χ4n) is 2.11. The normalized spacial score (nSPS) is 25.2. The number of hydrogen-bond acceptors (Lipinski definition) is 6. The van der Waals surface area contributed by atoms with Crippen LogP contribution < -0.4 is 5.32 Å². The molecule has 1 aromatic heterocycles. The van der Waals surface area contributed by atoms with Gasteiger partial charge < -0.3 is 10.4 Å². The SMILES string of the molecule is CNc1ncc(S(=O)(=O)N2CCCC(C)(O)C2)cn1. The van der Waals surface area contributed by atoms with Crippen molar-refractivity contribution in [3.63, 3.8) is 0 Å². The molecule has 0 amide bonds. The van der Waals surface area contributed by atoms with Crippen molar-refractivity contribution in [1.82, 2.24) is 14.3 Å². The van der Waals surface area contributed by atoms with Crippen molar-refractivity contribution in [2.24, 2.45) is 0 Å². The van der Waals surface area contributed by atoms with E-state index in [-0.39, 0.29) is 11.4 Å². The minimum absolute atomic E-state index is 0.0456. The number of aromatic nitrogens is 2. The Kier molecular flexibility index (Phi) is 3.75. The van der Waals surface area contributed by atoms with Gasteiger partial charge in [0.05, 0.1) is 18.0 Å². The lowest BCUT2D eigenvalue weighted by Crippen LogP contribution is -2.48. The molecule has 2 heterocycles. The van der Waals surface area contributed by atoms with E-state index in [1.54, 1.807) is 14.0 Å². The predicted molar refractivity (Wildman–Crippen MR) is 70.2 cm³/mol. The van der Waals surface area contributed by atoms with Crippen LogP contribution in [-0.4, -0.2) is 53.5 Å². The molecule has 19 heavy (non-hydrogen) atoms. The summed E-state index contributed by atoms with van der Waals surface area (Å²) in [4.78, 5) is 7.85. The molecule has 1 atom stereocenters. The van der Waals surface area contributed by atoms with Gasteiger partial charge in [0.2, 0.25) is 16.0 Å². The van der Waals surface area contributed by atoms with Crippen molar-refractivity contribution in [3.8, 4) is 0 Å². The Morgan fingerprint density at radius 3 is 2.58 bits per heavy atom. The van der Waals surface area contributed by atoms with Gasteiger partial charge in [0.1, 0.15) is 4.90 Å². The number of anilines is 1. The number of rotatable bonds is 3. The van der Waals surface area contributed by atoms with Gasteiger partial charge in [-0.2, -0.15) is 4.31 Å². The van der Waals surface area contributed by atoms with E-state index in [1.165, 1.54) is 16.7 Å². The molecule has 0 bridgehead atoms. The molecule has 2 N–H and O–H groups in total. The van der Waals surface area contributed by atoms with Gasteiger partial charge in [-0.05, 0) is 19.8 Å². The van der Waals surface area contributed by atoms with Gasteiger partial charge in [0.25, 0.3) is 0 Å². The molecule has 2 rings (SSSR count). The number of piperidine rings is 1. The second-order valence-electron chi connectivity index (χ2n) is 4.93. The Labute approximate surface area is 112 Å². The number of aliphatic hydroxyl groups is 1. The molecule has 1 saturated heterocycles. The van der Waals surface area contributed by atoms with Crippen LogP contribution in [-0.2, 0) is 10.0 Å². The molecule has 0 spiro atoms. The van der Waals surface area contributed by atoms with Gasteiger partial charge in [-0.25, -0.2) is 18.4 Å². The lowest BCUT2D eigenvalue weighted by Gasteiger charge is -2.35. The fraction of sp³-hybridized carbons (Fsp3) is 0.636. The summed E-state index contributed by atoms with van der Waals surface area (Å²) in [6.45, 7) is 2.16. The fourth-order valence-corrected chi connectivity index (χ4v) is 3.59. The number of β-amino-alcohol motifs (C(OH)–C–C–N with tert-alkyl or cyclic N) is 1. The van der Waals surface area contributed by atoms with Crippen LogP contribution in [0.1, 0.15) is 19.8 Å². The summed E-state index contributed by atoms with van der Waals surface area (Å²) in [5.74, 6) is 0.365. The number of hydrogen-bond donors (Lipinski definition) is 2. The monoisotopic (exact) mass is 286 g/mol. The highest BCUT2D eigenvalue weighted by atomic mass is 32.2. The Morgan fingerprint density at radius 1 is 1.42 bits per heavy atom. The summed E-state index contributed by atoms with van der Waals surface area (Å²) >= 11 is 0. The zero-order valence-corrected chi connectivity index (χ0v) is 11.8. The van der Waals surface area contributed by atoms with Crippen LogP contribution in [0.4, 0.5) is 5.95 Å². The summed E-state index contributed by atoms with van der Waals surface area (Å²) in [5.41, 5.74) is -0.975. The highest BCUT2D eigenvalue weighted by molar-refractivity contribution is 7.89.